The van der Waals surface area contributed by atoms with E-state index in [0.717, 1.165) is 5.56 Å². The molecule has 1 aromatic rings. The molecule has 0 aliphatic rings. The summed E-state index contributed by atoms with van der Waals surface area (Å²) in [6.07, 6.45) is 0.449. The molecule has 0 saturated heterocycles. The predicted octanol–water partition coefficient (Wildman–Crippen LogP) is 2.57. The molecule has 0 unspecified atom stereocenters. The molecule has 0 bridgehead atoms. The molecule has 0 aromatic heterocycles. The highest BCUT2D eigenvalue weighted by Crippen LogP contribution is 2.18. The lowest BCUT2D eigenvalue weighted by atomic mass is 10.2. The Bertz CT molecular complexity index is 464. The van der Waals surface area contributed by atoms with Gasteiger partial charge >= 0.3 is 0 Å². The predicted molar refractivity (Wildman–Crippen MR) is 81.8 cm³/mol. The van der Waals surface area contributed by atoms with Gasteiger partial charge in [0.2, 0.25) is 5.91 Å². The average molecular weight is 296 g/mol. The Morgan fingerprint density at radius 2 is 2.14 bits per heavy atom. The van der Waals surface area contributed by atoms with Crippen LogP contribution in [0.25, 0.3) is 0 Å². The number of carbonyl (C=O) groups excluding carboxylic acids is 1. The topological polar surface area (TPSA) is 41.6 Å². The van der Waals surface area contributed by atoms with Crippen molar-refractivity contribution < 1.29 is 13.9 Å². The summed E-state index contributed by atoms with van der Waals surface area (Å²) in [5.41, 5.74) is 0.764. The highest BCUT2D eigenvalue weighted by Gasteiger charge is 2.13. The fourth-order valence-corrected chi connectivity index (χ4v) is 2.03. The maximum atomic E-state index is 13.7. The molecule has 0 aliphatic heterocycles. The van der Waals surface area contributed by atoms with Crippen molar-refractivity contribution >= 4 is 5.91 Å². The maximum Gasteiger partial charge on any atom is 0.224 e. The van der Waals surface area contributed by atoms with Gasteiger partial charge in [-0.1, -0.05) is 19.9 Å². The number of amides is 1. The third-order valence-corrected chi connectivity index (χ3v) is 3.22. The first-order valence-electron chi connectivity index (χ1n) is 7.31. The Balaban J connectivity index is 2.60. The van der Waals surface area contributed by atoms with Crippen LogP contribution in [0, 0.1) is 5.82 Å². The number of hydrogen-bond acceptors (Lipinski definition) is 3. The van der Waals surface area contributed by atoms with Gasteiger partial charge in [-0.25, -0.2) is 4.39 Å². The van der Waals surface area contributed by atoms with Gasteiger partial charge in [-0.3, -0.25) is 4.79 Å². The maximum absolute atomic E-state index is 13.7. The molecule has 1 aromatic carbocycles. The van der Waals surface area contributed by atoms with Crippen molar-refractivity contribution in [3.63, 3.8) is 0 Å². The lowest BCUT2D eigenvalue weighted by molar-refractivity contribution is -0.131. The standard InChI is InChI=1S/C16H25FN2O2/c1-5-19(16(20)8-9-18-12(2)3)11-13-6-7-15(21-4)14(17)10-13/h6-7,10,12,18H,5,8-9,11H2,1-4H3. The zero-order valence-electron chi connectivity index (χ0n) is 13.3. The minimum absolute atomic E-state index is 0.0712. The van der Waals surface area contributed by atoms with Crippen LogP contribution in [0.4, 0.5) is 4.39 Å². The smallest absolute Gasteiger partial charge is 0.224 e. The van der Waals surface area contributed by atoms with Crippen LogP contribution in [0.15, 0.2) is 18.2 Å². The summed E-state index contributed by atoms with van der Waals surface area (Å²) < 4.78 is 18.5. The molecular formula is C16H25FN2O2. The van der Waals surface area contributed by atoms with Gasteiger partial charge in [0.05, 0.1) is 7.11 Å². The summed E-state index contributed by atoms with van der Waals surface area (Å²) >= 11 is 0. The number of benzene rings is 1. The van der Waals surface area contributed by atoms with Gasteiger partial charge in [0.15, 0.2) is 11.6 Å². The number of nitrogens with one attached hydrogen (secondary N) is 1. The average Bonchev–Trinajstić information content (AvgIpc) is 2.44. The third kappa shape index (κ3) is 5.71. The molecule has 5 heteroatoms. The van der Waals surface area contributed by atoms with Crippen molar-refractivity contribution in [2.24, 2.45) is 0 Å². The number of halogens is 1. The van der Waals surface area contributed by atoms with Crippen LogP contribution in [-0.4, -0.2) is 37.0 Å². The fourth-order valence-electron chi connectivity index (χ4n) is 2.03. The van der Waals surface area contributed by atoms with Gasteiger partial charge in [0.1, 0.15) is 0 Å². The van der Waals surface area contributed by atoms with E-state index in [-0.39, 0.29) is 11.7 Å². The molecule has 4 nitrogen and oxygen atoms in total. The Hall–Kier alpha value is -1.62. The third-order valence-electron chi connectivity index (χ3n) is 3.22. The SMILES string of the molecule is CCN(Cc1ccc(OC)c(F)c1)C(=O)CCNC(C)C. The second-order valence-electron chi connectivity index (χ2n) is 5.24. The lowest BCUT2D eigenvalue weighted by Gasteiger charge is -2.21. The molecule has 0 fully saturated rings. The molecule has 0 radical (unpaired) electrons. The minimum Gasteiger partial charge on any atom is -0.494 e. The Labute approximate surface area is 126 Å². The van der Waals surface area contributed by atoms with Crippen LogP contribution in [0.3, 0.4) is 0 Å². The summed E-state index contributed by atoms with van der Waals surface area (Å²) in [4.78, 5) is 13.9. The second kappa shape index (κ2) is 8.62. The molecule has 1 rings (SSSR count). The van der Waals surface area contributed by atoms with Gasteiger partial charge in [-0.05, 0) is 24.6 Å². The fraction of sp³-hybridized carbons (Fsp3) is 0.562. The van der Waals surface area contributed by atoms with E-state index in [1.165, 1.54) is 13.2 Å². The summed E-state index contributed by atoms with van der Waals surface area (Å²) in [7, 11) is 1.43. The Kier molecular flexibility index (Phi) is 7.15. The van der Waals surface area contributed by atoms with E-state index >= 15 is 0 Å². The highest BCUT2D eigenvalue weighted by atomic mass is 19.1. The van der Waals surface area contributed by atoms with Crippen molar-refractivity contribution in [2.45, 2.75) is 39.8 Å². The van der Waals surface area contributed by atoms with Gasteiger partial charge in [-0.15, -0.1) is 0 Å². The van der Waals surface area contributed by atoms with E-state index in [1.807, 2.05) is 20.8 Å². The highest BCUT2D eigenvalue weighted by molar-refractivity contribution is 5.76. The molecule has 0 atom stereocenters. The van der Waals surface area contributed by atoms with Gasteiger partial charge in [0.25, 0.3) is 0 Å². The van der Waals surface area contributed by atoms with E-state index < -0.39 is 5.82 Å². The zero-order chi connectivity index (χ0) is 15.8. The van der Waals surface area contributed by atoms with E-state index in [0.29, 0.717) is 32.1 Å². The summed E-state index contributed by atoms with van der Waals surface area (Å²) in [5.74, 6) is -0.115. The minimum atomic E-state index is -0.403. The molecule has 0 heterocycles. The van der Waals surface area contributed by atoms with Crippen molar-refractivity contribution in [3.05, 3.63) is 29.6 Å². The van der Waals surface area contributed by atoms with Gasteiger partial charge in [-0.2, -0.15) is 0 Å². The summed E-state index contributed by atoms with van der Waals surface area (Å²) in [5, 5.41) is 3.22. The van der Waals surface area contributed by atoms with E-state index in [9.17, 15) is 9.18 Å². The summed E-state index contributed by atoms with van der Waals surface area (Å²) in [6, 6.07) is 5.15. The van der Waals surface area contributed by atoms with Crippen LogP contribution in [0.5, 0.6) is 5.75 Å². The monoisotopic (exact) mass is 296 g/mol. The summed E-state index contributed by atoms with van der Waals surface area (Å²) in [6.45, 7) is 7.69. The largest absolute Gasteiger partial charge is 0.494 e. The second-order valence-corrected chi connectivity index (χ2v) is 5.24. The lowest BCUT2D eigenvalue weighted by Crippen LogP contribution is -2.34. The first-order chi connectivity index (χ1) is 9.97. The Morgan fingerprint density at radius 1 is 1.43 bits per heavy atom. The number of rotatable bonds is 8. The number of ether oxygens (including phenoxy) is 1. The zero-order valence-corrected chi connectivity index (χ0v) is 13.3. The number of carbonyl (C=O) groups is 1. The van der Waals surface area contributed by atoms with E-state index in [2.05, 4.69) is 5.32 Å². The van der Waals surface area contributed by atoms with E-state index in [4.69, 9.17) is 4.74 Å². The molecule has 21 heavy (non-hydrogen) atoms. The molecule has 118 valence electrons. The van der Waals surface area contributed by atoms with Crippen molar-refractivity contribution in [3.8, 4) is 5.75 Å². The number of hydrogen-bond donors (Lipinski definition) is 1. The molecule has 1 N–H and O–H groups in total. The van der Waals surface area contributed by atoms with Gasteiger partial charge in [0, 0.05) is 32.1 Å². The van der Waals surface area contributed by atoms with Crippen LogP contribution in [0.1, 0.15) is 32.8 Å². The first-order valence-corrected chi connectivity index (χ1v) is 7.31. The van der Waals surface area contributed by atoms with Crippen LogP contribution >= 0.6 is 0 Å². The van der Waals surface area contributed by atoms with Crippen LogP contribution in [-0.2, 0) is 11.3 Å². The molecule has 0 spiro atoms. The van der Waals surface area contributed by atoms with Crippen LogP contribution < -0.4 is 10.1 Å². The van der Waals surface area contributed by atoms with Crippen molar-refractivity contribution in [1.82, 2.24) is 10.2 Å². The quantitative estimate of drug-likeness (QED) is 0.801. The molecule has 0 saturated carbocycles. The normalized spacial score (nSPS) is 10.8. The Morgan fingerprint density at radius 3 is 2.67 bits per heavy atom. The van der Waals surface area contributed by atoms with Crippen LogP contribution in [0.2, 0.25) is 0 Å². The number of nitrogens with zero attached hydrogens (tertiary/aromatic N) is 1. The molecular weight excluding hydrogens is 271 g/mol. The first kappa shape index (κ1) is 17.4. The molecule has 0 aliphatic carbocycles. The number of methoxy groups -OCH3 is 1. The van der Waals surface area contributed by atoms with Gasteiger partial charge < -0.3 is 15.0 Å². The van der Waals surface area contributed by atoms with Crippen molar-refractivity contribution in [2.75, 3.05) is 20.2 Å². The van der Waals surface area contributed by atoms with Crippen molar-refractivity contribution in [1.29, 1.82) is 0 Å². The van der Waals surface area contributed by atoms with E-state index in [1.54, 1.807) is 17.0 Å². The molecule has 1 amide bonds.